The highest BCUT2D eigenvalue weighted by Crippen LogP contribution is 2.22. The van der Waals surface area contributed by atoms with E-state index >= 15 is 0 Å². The van der Waals surface area contributed by atoms with E-state index < -0.39 is 0 Å². The first-order valence-electron chi connectivity index (χ1n) is 7.97. The highest BCUT2D eigenvalue weighted by molar-refractivity contribution is 6.33. The second-order valence-corrected chi connectivity index (χ2v) is 6.37. The topological polar surface area (TPSA) is 59.8 Å². The van der Waals surface area contributed by atoms with Crippen molar-refractivity contribution in [3.8, 4) is 0 Å². The van der Waals surface area contributed by atoms with Gasteiger partial charge in [0, 0.05) is 5.69 Å². The van der Waals surface area contributed by atoms with E-state index in [4.69, 9.17) is 11.6 Å². The predicted molar refractivity (Wildman–Crippen MR) is 99.2 cm³/mol. The molecule has 3 rings (SSSR count). The summed E-state index contributed by atoms with van der Waals surface area (Å²) in [5.41, 5.74) is 4.05. The number of hydrogen-bond acceptors (Lipinski definition) is 3. The lowest BCUT2D eigenvalue weighted by atomic mass is 10.1. The summed E-state index contributed by atoms with van der Waals surface area (Å²) in [4.78, 5) is 16.9. The molecule has 25 heavy (non-hydrogen) atoms. The fraction of sp³-hybridized carbons (Fsp3) is 0.211. The summed E-state index contributed by atoms with van der Waals surface area (Å²) in [5.74, 6) is 0.183. The molecule has 0 bridgehead atoms. The van der Waals surface area contributed by atoms with Crippen LogP contribution in [0.1, 0.15) is 32.9 Å². The molecule has 128 valence electrons. The zero-order valence-electron chi connectivity index (χ0n) is 14.4. The van der Waals surface area contributed by atoms with Crippen LogP contribution in [-0.2, 0) is 6.54 Å². The molecule has 0 spiro atoms. The lowest BCUT2D eigenvalue weighted by molar-refractivity contribution is 0.102. The first-order valence-corrected chi connectivity index (χ1v) is 8.35. The molecule has 1 aromatic carbocycles. The van der Waals surface area contributed by atoms with Crippen molar-refractivity contribution in [1.29, 1.82) is 0 Å². The Balaban J connectivity index is 1.83. The van der Waals surface area contributed by atoms with Crippen LogP contribution in [0.25, 0.3) is 0 Å². The van der Waals surface area contributed by atoms with E-state index in [0.717, 1.165) is 11.3 Å². The first-order chi connectivity index (χ1) is 11.9. The molecular weight excluding hydrogens is 336 g/mol. The normalized spacial score (nSPS) is 10.7. The molecule has 0 aliphatic carbocycles. The van der Waals surface area contributed by atoms with Gasteiger partial charge in [-0.25, -0.2) is 9.67 Å². The Morgan fingerprint density at radius 1 is 1.12 bits per heavy atom. The van der Waals surface area contributed by atoms with Gasteiger partial charge in [0.15, 0.2) is 0 Å². The number of carbonyl (C=O) groups is 1. The van der Waals surface area contributed by atoms with Gasteiger partial charge in [0.1, 0.15) is 11.0 Å². The van der Waals surface area contributed by atoms with Gasteiger partial charge in [-0.2, -0.15) is 5.10 Å². The number of carbonyl (C=O) groups excluding carboxylic acids is 1. The van der Waals surface area contributed by atoms with Crippen molar-refractivity contribution in [1.82, 2.24) is 14.8 Å². The largest absolute Gasteiger partial charge is 0.306 e. The van der Waals surface area contributed by atoms with Crippen molar-refractivity contribution >= 4 is 23.3 Å². The third kappa shape index (κ3) is 3.88. The van der Waals surface area contributed by atoms with Crippen molar-refractivity contribution in [3.05, 3.63) is 75.7 Å². The number of aryl methyl sites for hydroxylation is 3. The van der Waals surface area contributed by atoms with Crippen LogP contribution < -0.4 is 5.32 Å². The molecule has 0 unspecified atom stereocenters. The molecule has 0 aliphatic heterocycles. The molecule has 1 N–H and O–H groups in total. The van der Waals surface area contributed by atoms with E-state index in [0.29, 0.717) is 28.8 Å². The van der Waals surface area contributed by atoms with Crippen molar-refractivity contribution in [3.63, 3.8) is 0 Å². The van der Waals surface area contributed by atoms with E-state index in [1.165, 1.54) is 5.56 Å². The van der Waals surface area contributed by atoms with Crippen LogP contribution >= 0.6 is 11.6 Å². The maximum atomic E-state index is 12.6. The van der Waals surface area contributed by atoms with Gasteiger partial charge < -0.3 is 5.32 Å². The number of amides is 1. The van der Waals surface area contributed by atoms with Crippen LogP contribution in [0.2, 0.25) is 5.15 Å². The molecule has 2 aromatic heterocycles. The van der Waals surface area contributed by atoms with Crippen molar-refractivity contribution in [2.24, 2.45) is 0 Å². The third-order valence-electron chi connectivity index (χ3n) is 3.88. The molecular formula is C19H19ClN4O. The molecule has 0 atom stereocenters. The average Bonchev–Trinajstić information content (AvgIpc) is 2.83. The number of aromatic nitrogens is 3. The van der Waals surface area contributed by atoms with Gasteiger partial charge in [-0.1, -0.05) is 47.5 Å². The van der Waals surface area contributed by atoms with Crippen molar-refractivity contribution in [2.45, 2.75) is 27.3 Å². The molecule has 1 amide bonds. The van der Waals surface area contributed by atoms with Crippen molar-refractivity contribution in [2.75, 3.05) is 5.32 Å². The summed E-state index contributed by atoms with van der Waals surface area (Å²) >= 11 is 6.42. The second-order valence-electron chi connectivity index (χ2n) is 6.01. The standard InChI is InChI=1S/C19H19ClN4O/c1-12-7-9-15(10-8-12)11-24-18(20)17(14(3)23-24)19(25)22-16-6-4-5-13(2)21-16/h4-10H,11H2,1-3H3,(H,21,22,25). The Hall–Kier alpha value is -2.66. The lowest BCUT2D eigenvalue weighted by Crippen LogP contribution is -2.14. The maximum Gasteiger partial charge on any atom is 0.261 e. The number of pyridine rings is 1. The molecule has 2 heterocycles. The van der Waals surface area contributed by atoms with Crippen LogP contribution in [-0.4, -0.2) is 20.7 Å². The van der Waals surface area contributed by atoms with Crippen LogP contribution in [0, 0.1) is 20.8 Å². The Kier molecular flexibility index (Phi) is 4.86. The highest BCUT2D eigenvalue weighted by atomic mass is 35.5. The summed E-state index contributed by atoms with van der Waals surface area (Å²) in [6.45, 7) is 6.19. The molecule has 3 aromatic rings. The van der Waals surface area contributed by atoms with E-state index in [-0.39, 0.29) is 5.91 Å². The first kappa shape index (κ1) is 17.2. The Morgan fingerprint density at radius 3 is 2.52 bits per heavy atom. The van der Waals surface area contributed by atoms with Crippen LogP contribution in [0.5, 0.6) is 0 Å². The quantitative estimate of drug-likeness (QED) is 0.765. The van der Waals surface area contributed by atoms with Gasteiger partial charge in [-0.3, -0.25) is 4.79 Å². The van der Waals surface area contributed by atoms with Gasteiger partial charge in [0.2, 0.25) is 0 Å². The van der Waals surface area contributed by atoms with E-state index in [9.17, 15) is 4.79 Å². The second kappa shape index (κ2) is 7.07. The molecule has 0 fully saturated rings. The smallest absolute Gasteiger partial charge is 0.261 e. The molecule has 0 aliphatic rings. The Labute approximate surface area is 151 Å². The highest BCUT2D eigenvalue weighted by Gasteiger charge is 2.20. The number of nitrogens with one attached hydrogen (secondary N) is 1. The molecule has 6 heteroatoms. The van der Waals surface area contributed by atoms with Gasteiger partial charge in [0.25, 0.3) is 5.91 Å². The van der Waals surface area contributed by atoms with Crippen molar-refractivity contribution < 1.29 is 4.79 Å². The fourth-order valence-electron chi connectivity index (χ4n) is 2.57. The Bertz CT molecular complexity index is 916. The van der Waals surface area contributed by atoms with E-state index in [1.54, 1.807) is 17.7 Å². The minimum Gasteiger partial charge on any atom is -0.306 e. The van der Waals surface area contributed by atoms with Crippen LogP contribution in [0.3, 0.4) is 0 Å². The number of rotatable bonds is 4. The van der Waals surface area contributed by atoms with Crippen LogP contribution in [0.4, 0.5) is 5.82 Å². The molecule has 0 radical (unpaired) electrons. The number of hydrogen-bond donors (Lipinski definition) is 1. The predicted octanol–water partition coefficient (Wildman–Crippen LogP) is 4.16. The molecule has 0 saturated carbocycles. The van der Waals surface area contributed by atoms with Crippen LogP contribution in [0.15, 0.2) is 42.5 Å². The minimum atomic E-state index is -0.309. The lowest BCUT2D eigenvalue weighted by Gasteiger charge is -2.06. The summed E-state index contributed by atoms with van der Waals surface area (Å²) in [5, 5.41) is 7.51. The summed E-state index contributed by atoms with van der Waals surface area (Å²) < 4.78 is 1.64. The molecule has 0 saturated heterocycles. The SMILES string of the molecule is Cc1ccc(Cn2nc(C)c(C(=O)Nc3cccc(C)n3)c2Cl)cc1. The van der Waals surface area contributed by atoms with Gasteiger partial charge in [-0.05, 0) is 38.5 Å². The van der Waals surface area contributed by atoms with Gasteiger partial charge >= 0.3 is 0 Å². The number of benzene rings is 1. The van der Waals surface area contributed by atoms with E-state index in [2.05, 4.69) is 15.4 Å². The Morgan fingerprint density at radius 2 is 1.84 bits per heavy atom. The van der Waals surface area contributed by atoms with E-state index in [1.807, 2.05) is 50.2 Å². The molecule has 5 nitrogen and oxygen atoms in total. The third-order valence-corrected chi connectivity index (χ3v) is 4.26. The number of anilines is 1. The number of halogens is 1. The number of nitrogens with zero attached hydrogens (tertiary/aromatic N) is 3. The fourth-order valence-corrected chi connectivity index (χ4v) is 2.89. The summed E-state index contributed by atoms with van der Waals surface area (Å²) in [6, 6.07) is 13.6. The maximum absolute atomic E-state index is 12.6. The zero-order chi connectivity index (χ0) is 18.0. The monoisotopic (exact) mass is 354 g/mol. The van der Waals surface area contributed by atoms with Gasteiger partial charge in [-0.15, -0.1) is 0 Å². The average molecular weight is 355 g/mol. The zero-order valence-corrected chi connectivity index (χ0v) is 15.1. The van der Waals surface area contributed by atoms with Gasteiger partial charge in [0.05, 0.1) is 17.8 Å². The minimum absolute atomic E-state index is 0.309. The summed E-state index contributed by atoms with van der Waals surface area (Å²) in [7, 11) is 0. The summed E-state index contributed by atoms with van der Waals surface area (Å²) in [6.07, 6.45) is 0.